The van der Waals surface area contributed by atoms with Crippen LogP contribution < -0.4 is 10.6 Å². The van der Waals surface area contributed by atoms with Gasteiger partial charge in [0.15, 0.2) is 5.82 Å². The third-order valence-corrected chi connectivity index (χ3v) is 5.48. The lowest BCUT2D eigenvalue weighted by Crippen LogP contribution is -2.32. The van der Waals surface area contributed by atoms with Crippen molar-refractivity contribution in [3.05, 3.63) is 60.8 Å². The topological polar surface area (TPSA) is 109 Å². The molecule has 3 aromatic heterocycles. The first kappa shape index (κ1) is 20.6. The van der Waals surface area contributed by atoms with Gasteiger partial charge in [0.05, 0.1) is 17.6 Å². The maximum Gasteiger partial charge on any atom is 0.321 e. The van der Waals surface area contributed by atoms with Gasteiger partial charge in [-0.15, -0.1) is 0 Å². The Labute approximate surface area is 188 Å². The number of rotatable bonds is 4. The van der Waals surface area contributed by atoms with E-state index >= 15 is 0 Å². The van der Waals surface area contributed by atoms with Gasteiger partial charge in [-0.3, -0.25) is 9.20 Å². The molecule has 4 aromatic rings. The Hall–Kier alpha value is -4.28. The Morgan fingerprint density at radius 3 is 2.64 bits per heavy atom. The number of hydrogen-bond donors (Lipinski definition) is 2. The predicted molar refractivity (Wildman–Crippen MR) is 119 cm³/mol. The lowest BCUT2D eigenvalue weighted by molar-refractivity contribution is 0.101. The van der Waals surface area contributed by atoms with Gasteiger partial charge in [0.2, 0.25) is 5.78 Å². The third kappa shape index (κ3) is 4.12. The molecule has 0 spiro atoms. The van der Waals surface area contributed by atoms with Crippen LogP contribution in [0.15, 0.2) is 49.2 Å². The largest absolute Gasteiger partial charge is 0.330 e. The number of nitrogens with zero attached hydrogens (tertiary/aromatic N) is 6. The van der Waals surface area contributed by atoms with Crippen LogP contribution in [0.2, 0.25) is 0 Å². The van der Waals surface area contributed by atoms with Crippen molar-refractivity contribution in [1.29, 1.82) is 0 Å². The molecule has 0 atom stereocenters. The van der Waals surface area contributed by atoms with Crippen LogP contribution in [0.4, 0.5) is 20.6 Å². The SMILES string of the molecule is Cn1ccnc1C(=O)Nc1cnc2nc(-c3cc(NC(=O)N4CCCC4)ccc3F)cn2c1. The van der Waals surface area contributed by atoms with Crippen molar-refractivity contribution in [1.82, 2.24) is 28.8 Å². The normalized spacial score (nSPS) is 13.5. The first-order valence-corrected chi connectivity index (χ1v) is 10.5. The van der Waals surface area contributed by atoms with Gasteiger partial charge in [0, 0.05) is 56.2 Å². The van der Waals surface area contributed by atoms with Crippen molar-refractivity contribution < 1.29 is 14.0 Å². The highest BCUT2D eigenvalue weighted by atomic mass is 19.1. The first-order valence-electron chi connectivity index (χ1n) is 10.5. The maximum absolute atomic E-state index is 14.6. The zero-order valence-corrected chi connectivity index (χ0v) is 17.8. The summed E-state index contributed by atoms with van der Waals surface area (Å²) >= 11 is 0. The van der Waals surface area contributed by atoms with Gasteiger partial charge < -0.3 is 20.1 Å². The van der Waals surface area contributed by atoms with E-state index in [1.807, 2.05) is 0 Å². The Morgan fingerprint density at radius 1 is 1.06 bits per heavy atom. The third-order valence-electron chi connectivity index (χ3n) is 5.48. The zero-order valence-electron chi connectivity index (χ0n) is 17.8. The van der Waals surface area contributed by atoms with Crippen LogP contribution in [0.5, 0.6) is 0 Å². The number of nitrogens with one attached hydrogen (secondary N) is 2. The van der Waals surface area contributed by atoms with Gasteiger partial charge in [0.25, 0.3) is 5.91 Å². The molecule has 4 heterocycles. The van der Waals surface area contributed by atoms with Gasteiger partial charge in [-0.25, -0.2) is 24.1 Å². The van der Waals surface area contributed by atoms with Crippen LogP contribution in [0.3, 0.4) is 0 Å². The number of fused-ring (bicyclic) bond motifs is 1. The van der Waals surface area contributed by atoms with Gasteiger partial charge in [-0.2, -0.15) is 0 Å². The molecule has 0 aliphatic carbocycles. The van der Waals surface area contributed by atoms with E-state index in [4.69, 9.17) is 0 Å². The van der Waals surface area contributed by atoms with Crippen LogP contribution in [-0.2, 0) is 7.05 Å². The minimum Gasteiger partial charge on any atom is -0.330 e. The molecular formula is C22H21FN8O2. The molecule has 5 rings (SSSR count). The molecule has 1 aromatic carbocycles. The van der Waals surface area contributed by atoms with Gasteiger partial charge in [-0.05, 0) is 31.0 Å². The highest BCUT2D eigenvalue weighted by Gasteiger charge is 2.19. The summed E-state index contributed by atoms with van der Waals surface area (Å²) in [6.45, 7) is 1.44. The van der Waals surface area contributed by atoms with E-state index in [2.05, 4.69) is 25.6 Å². The van der Waals surface area contributed by atoms with Crippen molar-refractivity contribution >= 4 is 29.1 Å². The number of imidazole rings is 2. The van der Waals surface area contributed by atoms with E-state index in [0.717, 1.165) is 25.9 Å². The molecule has 1 aliphatic heterocycles. The molecule has 0 saturated carbocycles. The Bertz CT molecular complexity index is 1360. The molecule has 33 heavy (non-hydrogen) atoms. The summed E-state index contributed by atoms with van der Waals surface area (Å²) in [6.07, 6.45) is 9.90. The minimum absolute atomic E-state index is 0.199. The lowest BCUT2D eigenvalue weighted by Gasteiger charge is -2.16. The second-order valence-electron chi connectivity index (χ2n) is 7.81. The minimum atomic E-state index is -0.471. The number of carbonyl (C=O) groups excluding carboxylic acids is 2. The summed E-state index contributed by atoms with van der Waals surface area (Å²) in [6, 6.07) is 4.17. The highest BCUT2D eigenvalue weighted by Crippen LogP contribution is 2.26. The first-order chi connectivity index (χ1) is 16.0. The van der Waals surface area contributed by atoms with E-state index in [9.17, 15) is 14.0 Å². The second kappa shape index (κ2) is 8.34. The molecule has 0 radical (unpaired) electrons. The summed E-state index contributed by atoms with van der Waals surface area (Å²) in [7, 11) is 1.72. The fourth-order valence-electron chi connectivity index (χ4n) is 3.77. The summed E-state index contributed by atoms with van der Waals surface area (Å²) in [5.41, 5.74) is 1.51. The zero-order chi connectivity index (χ0) is 22.9. The number of hydrogen-bond acceptors (Lipinski definition) is 5. The van der Waals surface area contributed by atoms with E-state index in [1.165, 1.54) is 24.5 Å². The van der Waals surface area contributed by atoms with Crippen LogP contribution in [-0.4, -0.2) is 53.8 Å². The van der Waals surface area contributed by atoms with Crippen molar-refractivity contribution in [3.8, 4) is 11.3 Å². The quantitative estimate of drug-likeness (QED) is 0.499. The average molecular weight is 448 g/mol. The number of benzene rings is 1. The number of carbonyl (C=O) groups is 2. The molecule has 1 aliphatic rings. The van der Waals surface area contributed by atoms with Crippen molar-refractivity contribution in [2.45, 2.75) is 12.8 Å². The van der Waals surface area contributed by atoms with E-state index in [1.54, 1.807) is 45.6 Å². The number of halogens is 1. The molecule has 1 saturated heterocycles. The molecule has 10 nitrogen and oxygen atoms in total. The van der Waals surface area contributed by atoms with Gasteiger partial charge >= 0.3 is 6.03 Å². The van der Waals surface area contributed by atoms with Gasteiger partial charge in [0.1, 0.15) is 5.82 Å². The summed E-state index contributed by atoms with van der Waals surface area (Å²) in [5.74, 6) is -0.250. The number of aromatic nitrogens is 5. The van der Waals surface area contributed by atoms with E-state index < -0.39 is 5.82 Å². The smallest absolute Gasteiger partial charge is 0.321 e. The molecule has 11 heteroatoms. The Kier molecular flexibility index (Phi) is 5.21. The molecule has 2 N–H and O–H groups in total. The van der Waals surface area contributed by atoms with E-state index in [0.29, 0.717) is 22.8 Å². The number of aryl methyl sites for hydroxylation is 1. The maximum atomic E-state index is 14.6. The van der Waals surface area contributed by atoms with Crippen LogP contribution in [0.1, 0.15) is 23.5 Å². The van der Waals surface area contributed by atoms with Crippen LogP contribution in [0, 0.1) is 5.82 Å². The monoisotopic (exact) mass is 448 g/mol. The molecule has 0 bridgehead atoms. The fourth-order valence-corrected chi connectivity index (χ4v) is 3.77. The van der Waals surface area contributed by atoms with Crippen molar-refractivity contribution in [3.63, 3.8) is 0 Å². The molecule has 0 unspecified atom stereocenters. The van der Waals surface area contributed by atoms with Crippen molar-refractivity contribution in [2.75, 3.05) is 23.7 Å². The summed E-state index contributed by atoms with van der Waals surface area (Å²) in [4.78, 5) is 39.1. The molecule has 3 amide bonds. The van der Waals surface area contributed by atoms with Gasteiger partial charge in [-0.1, -0.05) is 0 Å². The number of urea groups is 1. The summed E-state index contributed by atoms with van der Waals surface area (Å²) < 4.78 is 17.8. The van der Waals surface area contributed by atoms with Crippen molar-refractivity contribution in [2.24, 2.45) is 7.05 Å². The fraction of sp³-hybridized carbons (Fsp3) is 0.227. The predicted octanol–water partition coefficient (Wildman–Crippen LogP) is 3.15. The molecule has 168 valence electrons. The Morgan fingerprint density at radius 2 is 1.88 bits per heavy atom. The van der Waals surface area contributed by atoms with Crippen LogP contribution >= 0.6 is 0 Å². The number of likely N-dealkylation sites (tertiary alicyclic amines) is 1. The lowest BCUT2D eigenvalue weighted by atomic mass is 10.1. The molecule has 1 fully saturated rings. The number of amides is 3. The average Bonchev–Trinajstić information content (AvgIpc) is 3.55. The highest BCUT2D eigenvalue weighted by molar-refractivity contribution is 6.01. The van der Waals surface area contributed by atoms with Crippen LogP contribution in [0.25, 0.3) is 17.0 Å². The second-order valence-corrected chi connectivity index (χ2v) is 7.81. The van der Waals surface area contributed by atoms with E-state index in [-0.39, 0.29) is 23.3 Å². The standard InChI is InChI=1S/C22H21FN8O2/c1-29-9-6-24-19(29)20(32)26-15-11-25-21-28-18(13-31(21)12-15)16-10-14(4-5-17(16)23)27-22(33)30-7-2-3-8-30/h4-6,9-13H,2-3,7-8H2,1H3,(H,26,32)(H,27,33). The molecular weight excluding hydrogens is 427 g/mol. The Balaban J connectivity index is 1.39. The number of anilines is 2. The summed E-state index contributed by atoms with van der Waals surface area (Å²) in [5, 5.41) is 5.55.